The quantitative estimate of drug-likeness (QED) is 0.505. The smallest absolute Gasteiger partial charge is 0.0715 e. The molecule has 1 aromatic heterocycles. The number of benzene rings is 1. The van der Waals surface area contributed by atoms with Gasteiger partial charge >= 0.3 is 0 Å². The van der Waals surface area contributed by atoms with Crippen molar-refractivity contribution >= 4 is 34.3 Å². The number of aliphatic hydroxyl groups excluding tert-OH is 1. The van der Waals surface area contributed by atoms with Crippen molar-refractivity contribution in [3.8, 4) is 0 Å². The van der Waals surface area contributed by atoms with Gasteiger partial charge in [-0.25, -0.2) is 0 Å². The van der Waals surface area contributed by atoms with Crippen LogP contribution in [0, 0.1) is 16.7 Å². The number of aromatic nitrogens is 1. The summed E-state index contributed by atoms with van der Waals surface area (Å²) >= 11 is 6.71. The van der Waals surface area contributed by atoms with Gasteiger partial charge in [-0.3, -0.25) is 9.88 Å². The first kappa shape index (κ1) is 23.3. The molecule has 7 heteroatoms. The van der Waals surface area contributed by atoms with Crippen molar-refractivity contribution < 1.29 is 9.84 Å². The Labute approximate surface area is 195 Å². The number of methoxy groups -OCH3 is 1. The number of nitrogens with one attached hydrogen (secondary N) is 2. The van der Waals surface area contributed by atoms with Crippen LogP contribution in [0.3, 0.4) is 0 Å². The third-order valence-electron chi connectivity index (χ3n) is 7.58. The van der Waals surface area contributed by atoms with Gasteiger partial charge in [-0.15, -0.1) is 0 Å². The Kier molecular flexibility index (Phi) is 6.68. The highest BCUT2D eigenvalue weighted by Gasteiger charge is 2.42. The summed E-state index contributed by atoms with van der Waals surface area (Å²) in [5.41, 5.74) is 2.18. The minimum absolute atomic E-state index is 0.129. The van der Waals surface area contributed by atoms with Crippen LogP contribution in [0.25, 0.3) is 10.8 Å². The van der Waals surface area contributed by atoms with E-state index in [9.17, 15) is 5.11 Å². The summed E-state index contributed by atoms with van der Waals surface area (Å²) in [6.07, 6.45) is 5.41. The molecule has 32 heavy (non-hydrogen) atoms. The molecule has 0 bridgehead atoms. The second-order valence-electron chi connectivity index (χ2n) is 9.61. The monoisotopic (exact) mass is 456 g/mol. The highest BCUT2D eigenvalue weighted by atomic mass is 35.5. The third kappa shape index (κ3) is 4.34. The minimum atomic E-state index is -0.477. The molecule has 4 unspecified atom stereocenters. The molecule has 2 heterocycles. The van der Waals surface area contributed by atoms with Crippen LogP contribution in [-0.4, -0.2) is 65.4 Å². The van der Waals surface area contributed by atoms with E-state index in [1.165, 1.54) is 5.56 Å². The summed E-state index contributed by atoms with van der Waals surface area (Å²) in [6, 6.07) is 6.37. The summed E-state index contributed by atoms with van der Waals surface area (Å²) in [5.74, 6) is 0.749. The van der Waals surface area contributed by atoms with Crippen molar-refractivity contribution in [2.75, 3.05) is 26.8 Å². The standard InChI is InChI=1S/C25H33ClN4O2/c1-15(31)25(2,14-32-3)30-6-4-16(5-7-30)19-8-17-10-24(21-11-20(21)23(28)12-27)29-13-18(17)9-22(19)26/h8-10,12-13,15-16,20-21,27-28,31H,4-7,11,14H2,1-3H3. The predicted molar refractivity (Wildman–Crippen MR) is 130 cm³/mol. The van der Waals surface area contributed by atoms with E-state index >= 15 is 0 Å². The van der Waals surface area contributed by atoms with E-state index in [4.69, 9.17) is 27.2 Å². The fourth-order valence-corrected chi connectivity index (χ4v) is 5.48. The fourth-order valence-electron chi connectivity index (χ4n) is 5.16. The van der Waals surface area contributed by atoms with Crippen LogP contribution in [0.4, 0.5) is 0 Å². The normalized spacial score (nSPS) is 24.8. The molecule has 1 saturated carbocycles. The van der Waals surface area contributed by atoms with Crippen LogP contribution in [0.5, 0.6) is 0 Å². The molecule has 1 aromatic carbocycles. The van der Waals surface area contributed by atoms with Gasteiger partial charge in [0.05, 0.1) is 24.0 Å². The van der Waals surface area contributed by atoms with E-state index in [0.29, 0.717) is 18.2 Å². The molecule has 4 rings (SSSR count). The molecule has 2 aromatic rings. The number of aliphatic hydroxyl groups is 1. The van der Waals surface area contributed by atoms with E-state index < -0.39 is 11.6 Å². The second kappa shape index (κ2) is 9.18. The Morgan fingerprint density at radius 1 is 1.34 bits per heavy atom. The molecule has 2 aliphatic rings. The lowest BCUT2D eigenvalue weighted by molar-refractivity contribution is -0.0650. The molecule has 4 atom stereocenters. The van der Waals surface area contributed by atoms with Gasteiger partial charge in [-0.05, 0) is 81.3 Å². The summed E-state index contributed by atoms with van der Waals surface area (Å²) < 4.78 is 5.41. The SMILES string of the molecule is COCC(C)(C(C)O)N1CCC(c2cc3cc(C4CC4C(=N)C=N)ncc3cc2Cl)CC1. The third-order valence-corrected chi connectivity index (χ3v) is 7.90. The lowest BCUT2D eigenvalue weighted by atomic mass is 9.84. The lowest BCUT2D eigenvalue weighted by Crippen LogP contribution is -2.58. The maximum absolute atomic E-state index is 10.4. The number of nitrogens with zero attached hydrogens (tertiary/aromatic N) is 2. The van der Waals surface area contributed by atoms with Gasteiger partial charge in [0, 0.05) is 47.5 Å². The van der Waals surface area contributed by atoms with Gasteiger partial charge in [0.1, 0.15) is 0 Å². The maximum atomic E-state index is 10.4. The van der Waals surface area contributed by atoms with Gasteiger partial charge in [0.25, 0.3) is 0 Å². The lowest BCUT2D eigenvalue weighted by Gasteiger charge is -2.46. The average Bonchev–Trinajstić information content (AvgIpc) is 3.59. The molecule has 1 aliphatic heterocycles. The predicted octanol–water partition coefficient (Wildman–Crippen LogP) is 4.63. The number of likely N-dealkylation sites (tertiary alicyclic amines) is 1. The Morgan fingerprint density at radius 3 is 2.69 bits per heavy atom. The second-order valence-corrected chi connectivity index (χ2v) is 10.0. The van der Waals surface area contributed by atoms with E-state index in [-0.39, 0.29) is 11.8 Å². The molecule has 0 spiro atoms. The van der Waals surface area contributed by atoms with Gasteiger partial charge in [0.2, 0.25) is 0 Å². The fraction of sp³-hybridized carbons (Fsp3) is 0.560. The number of hydrogen-bond donors (Lipinski definition) is 3. The van der Waals surface area contributed by atoms with Gasteiger partial charge in [-0.1, -0.05) is 11.6 Å². The molecule has 3 N–H and O–H groups in total. The molecular formula is C25H33ClN4O2. The number of pyridine rings is 1. The van der Waals surface area contributed by atoms with E-state index in [1.54, 1.807) is 7.11 Å². The highest BCUT2D eigenvalue weighted by molar-refractivity contribution is 6.32. The molecule has 2 fully saturated rings. The molecule has 0 amide bonds. The number of ether oxygens (including phenoxy) is 1. The van der Waals surface area contributed by atoms with Crippen LogP contribution in [0.1, 0.15) is 56.2 Å². The Morgan fingerprint density at radius 2 is 2.06 bits per heavy atom. The minimum Gasteiger partial charge on any atom is -0.391 e. The Balaban J connectivity index is 1.53. The topological polar surface area (TPSA) is 93.3 Å². The first-order valence-corrected chi connectivity index (χ1v) is 11.8. The van der Waals surface area contributed by atoms with Crippen molar-refractivity contribution in [3.63, 3.8) is 0 Å². The highest BCUT2D eigenvalue weighted by Crippen LogP contribution is 2.47. The number of fused-ring (bicyclic) bond motifs is 1. The number of hydrogen-bond acceptors (Lipinski definition) is 6. The summed E-state index contributed by atoms with van der Waals surface area (Å²) in [6.45, 7) is 6.19. The van der Waals surface area contributed by atoms with E-state index in [1.807, 2.05) is 19.2 Å². The van der Waals surface area contributed by atoms with Crippen molar-refractivity contribution in [2.45, 2.75) is 56.6 Å². The molecule has 6 nitrogen and oxygen atoms in total. The zero-order valence-electron chi connectivity index (χ0n) is 19.1. The van der Waals surface area contributed by atoms with Crippen molar-refractivity contribution in [3.05, 3.63) is 40.7 Å². The van der Waals surface area contributed by atoms with Gasteiger partial charge in [0.15, 0.2) is 0 Å². The summed E-state index contributed by atoms with van der Waals surface area (Å²) in [7, 11) is 1.68. The van der Waals surface area contributed by atoms with Crippen LogP contribution >= 0.6 is 11.6 Å². The zero-order valence-corrected chi connectivity index (χ0v) is 19.8. The number of piperidine rings is 1. The number of halogens is 1. The van der Waals surface area contributed by atoms with Gasteiger partial charge in [-0.2, -0.15) is 0 Å². The Bertz CT molecular complexity index is 1020. The van der Waals surface area contributed by atoms with Crippen LogP contribution < -0.4 is 0 Å². The van der Waals surface area contributed by atoms with Crippen LogP contribution in [0.15, 0.2) is 24.4 Å². The zero-order chi connectivity index (χ0) is 23.0. The molecular weight excluding hydrogens is 424 g/mol. The first-order valence-electron chi connectivity index (χ1n) is 11.4. The maximum Gasteiger partial charge on any atom is 0.0715 e. The summed E-state index contributed by atoms with van der Waals surface area (Å²) in [5, 5.41) is 28.5. The van der Waals surface area contributed by atoms with Crippen molar-refractivity contribution in [2.24, 2.45) is 5.92 Å². The molecule has 1 saturated heterocycles. The van der Waals surface area contributed by atoms with E-state index in [2.05, 4.69) is 28.9 Å². The summed E-state index contributed by atoms with van der Waals surface area (Å²) in [4.78, 5) is 6.96. The van der Waals surface area contributed by atoms with Crippen molar-refractivity contribution in [1.29, 1.82) is 10.8 Å². The van der Waals surface area contributed by atoms with Crippen LogP contribution in [0.2, 0.25) is 5.02 Å². The first-order chi connectivity index (χ1) is 15.3. The van der Waals surface area contributed by atoms with Crippen LogP contribution in [-0.2, 0) is 4.74 Å². The molecule has 1 aliphatic carbocycles. The largest absolute Gasteiger partial charge is 0.391 e. The number of rotatable bonds is 8. The molecule has 0 radical (unpaired) electrons. The van der Waals surface area contributed by atoms with E-state index in [0.717, 1.165) is 60.1 Å². The van der Waals surface area contributed by atoms with Crippen molar-refractivity contribution in [1.82, 2.24) is 9.88 Å². The molecule has 172 valence electrons. The Hall–Kier alpha value is -1.86. The van der Waals surface area contributed by atoms with Gasteiger partial charge < -0.3 is 20.7 Å². The average molecular weight is 457 g/mol.